The number of nitrogens with one attached hydrogen (secondary N) is 1. The van der Waals surface area contributed by atoms with E-state index >= 15 is 0 Å². The Morgan fingerprint density at radius 3 is 2.76 bits per heavy atom. The summed E-state index contributed by atoms with van der Waals surface area (Å²) in [5.74, 6) is -0.674. The van der Waals surface area contributed by atoms with Gasteiger partial charge in [0.2, 0.25) is 5.91 Å². The summed E-state index contributed by atoms with van der Waals surface area (Å²) in [5.41, 5.74) is 1.14. The van der Waals surface area contributed by atoms with Gasteiger partial charge in [-0.15, -0.1) is 0 Å². The zero-order valence-corrected chi connectivity index (χ0v) is 9.77. The van der Waals surface area contributed by atoms with Gasteiger partial charge in [0.25, 0.3) is 0 Å². The predicted octanol–water partition coefficient (Wildman–Crippen LogP) is 1.24. The second-order valence-electron chi connectivity index (χ2n) is 3.60. The first-order chi connectivity index (χ1) is 8.02. The molecule has 92 valence electrons. The van der Waals surface area contributed by atoms with E-state index in [1.165, 1.54) is 14.0 Å². The van der Waals surface area contributed by atoms with E-state index in [-0.39, 0.29) is 12.3 Å². The largest absolute Gasteiger partial charge is 0.469 e. The highest BCUT2D eigenvalue weighted by molar-refractivity contribution is 5.88. The highest BCUT2D eigenvalue weighted by atomic mass is 16.5. The Labute approximate surface area is 99.4 Å². The van der Waals surface area contributed by atoms with Gasteiger partial charge < -0.3 is 15.2 Å². The maximum absolute atomic E-state index is 11.0. The van der Waals surface area contributed by atoms with Crippen molar-refractivity contribution in [3.63, 3.8) is 0 Å². The lowest BCUT2D eigenvalue weighted by Gasteiger charge is -2.11. The van der Waals surface area contributed by atoms with E-state index in [9.17, 15) is 14.7 Å². The first-order valence-electron chi connectivity index (χ1n) is 5.15. The number of hydrogen-bond donors (Lipinski definition) is 2. The van der Waals surface area contributed by atoms with Gasteiger partial charge in [-0.3, -0.25) is 9.59 Å². The molecule has 2 N–H and O–H groups in total. The molecule has 0 spiro atoms. The van der Waals surface area contributed by atoms with Gasteiger partial charge in [-0.05, 0) is 17.7 Å². The van der Waals surface area contributed by atoms with E-state index in [1.807, 2.05) is 0 Å². The summed E-state index contributed by atoms with van der Waals surface area (Å²) >= 11 is 0. The number of rotatable bonds is 4. The number of esters is 1. The van der Waals surface area contributed by atoms with Gasteiger partial charge in [-0.1, -0.05) is 12.1 Å². The maximum atomic E-state index is 11.0. The van der Waals surface area contributed by atoms with E-state index in [0.29, 0.717) is 11.3 Å². The van der Waals surface area contributed by atoms with Gasteiger partial charge in [0.1, 0.15) is 0 Å². The Balaban J connectivity index is 2.76. The van der Waals surface area contributed by atoms with Crippen molar-refractivity contribution in [1.82, 2.24) is 0 Å². The van der Waals surface area contributed by atoms with Crippen LogP contribution in [0.25, 0.3) is 0 Å². The molecule has 1 amide bonds. The van der Waals surface area contributed by atoms with Crippen molar-refractivity contribution in [2.45, 2.75) is 19.4 Å². The molecule has 0 aromatic heterocycles. The minimum absolute atomic E-state index is 0.111. The minimum atomic E-state index is -0.934. The van der Waals surface area contributed by atoms with E-state index in [0.717, 1.165) is 0 Å². The molecule has 1 aromatic rings. The standard InChI is InChI=1S/C12H15NO4/c1-8(14)13-10-5-3-4-9(6-10)11(15)7-12(16)17-2/h3-6,11,15H,7H2,1-2H3,(H,13,14)/t11-/m0/s1. The summed E-state index contributed by atoms with van der Waals surface area (Å²) in [6.07, 6.45) is -1.05. The van der Waals surface area contributed by atoms with Crippen LogP contribution in [0, 0.1) is 0 Å². The number of methoxy groups -OCH3 is 1. The van der Waals surface area contributed by atoms with Crippen molar-refractivity contribution in [3.05, 3.63) is 29.8 Å². The van der Waals surface area contributed by atoms with Gasteiger partial charge in [0, 0.05) is 12.6 Å². The fraction of sp³-hybridized carbons (Fsp3) is 0.333. The van der Waals surface area contributed by atoms with Crippen molar-refractivity contribution < 1.29 is 19.4 Å². The zero-order valence-electron chi connectivity index (χ0n) is 9.77. The van der Waals surface area contributed by atoms with Crippen LogP contribution < -0.4 is 5.32 Å². The lowest BCUT2D eigenvalue weighted by molar-refractivity contribution is -0.142. The first kappa shape index (κ1) is 13.2. The van der Waals surface area contributed by atoms with Crippen molar-refractivity contribution in [2.75, 3.05) is 12.4 Å². The summed E-state index contributed by atoms with van der Waals surface area (Å²) in [4.78, 5) is 21.9. The van der Waals surface area contributed by atoms with Crippen LogP contribution in [0.5, 0.6) is 0 Å². The number of anilines is 1. The third kappa shape index (κ3) is 4.24. The number of carbonyl (C=O) groups is 2. The number of benzene rings is 1. The Morgan fingerprint density at radius 1 is 1.47 bits per heavy atom. The predicted molar refractivity (Wildman–Crippen MR) is 62.3 cm³/mol. The van der Waals surface area contributed by atoms with Crippen LogP contribution in [-0.2, 0) is 14.3 Å². The molecule has 5 heteroatoms. The quantitative estimate of drug-likeness (QED) is 0.772. The lowest BCUT2D eigenvalue weighted by atomic mass is 10.1. The van der Waals surface area contributed by atoms with Gasteiger partial charge in [-0.25, -0.2) is 0 Å². The van der Waals surface area contributed by atoms with Gasteiger partial charge in [0.15, 0.2) is 0 Å². The van der Waals surface area contributed by atoms with E-state index in [1.54, 1.807) is 24.3 Å². The summed E-state index contributed by atoms with van der Waals surface area (Å²) < 4.78 is 4.47. The number of carbonyl (C=O) groups excluding carboxylic acids is 2. The van der Waals surface area contributed by atoms with Crippen molar-refractivity contribution in [3.8, 4) is 0 Å². The number of amides is 1. The highest BCUT2D eigenvalue weighted by Gasteiger charge is 2.13. The molecule has 0 aliphatic rings. The van der Waals surface area contributed by atoms with Crippen LogP contribution in [0.1, 0.15) is 25.0 Å². The van der Waals surface area contributed by atoms with Crippen molar-refractivity contribution >= 4 is 17.6 Å². The van der Waals surface area contributed by atoms with Crippen molar-refractivity contribution in [2.24, 2.45) is 0 Å². The van der Waals surface area contributed by atoms with Crippen LogP contribution in [0.15, 0.2) is 24.3 Å². The molecular formula is C12H15NO4. The monoisotopic (exact) mass is 237 g/mol. The van der Waals surface area contributed by atoms with Crippen LogP contribution in [0.2, 0.25) is 0 Å². The van der Waals surface area contributed by atoms with Crippen LogP contribution in [-0.4, -0.2) is 24.1 Å². The van der Waals surface area contributed by atoms with Crippen molar-refractivity contribution in [1.29, 1.82) is 0 Å². The Hall–Kier alpha value is -1.88. The number of ether oxygens (including phenoxy) is 1. The first-order valence-corrected chi connectivity index (χ1v) is 5.15. The normalized spacial score (nSPS) is 11.7. The molecule has 0 aliphatic heterocycles. The molecule has 0 saturated heterocycles. The number of aliphatic hydroxyl groups is 1. The topological polar surface area (TPSA) is 75.6 Å². The molecule has 0 saturated carbocycles. The third-order valence-corrected chi connectivity index (χ3v) is 2.18. The molecular weight excluding hydrogens is 222 g/mol. The molecule has 5 nitrogen and oxygen atoms in total. The van der Waals surface area contributed by atoms with Crippen LogP contribution in [0.4, 0.5) is 5.69 Å². The Morgan fingerprint density at radius 2 is 2.18 bits per heavy atom. The van der Waals surface area contributed by atoms with E-state index in [2.05, 4.69) is 10.1 Å². The molecule has 1 atom stereocenters. The van der Waals surface area contributed by atoms with Gasteiger partial charge in [0.05, 0.1) is 19.6 Å². The summed E-state index contributed by atoms with van der Waals surface area (Å²) in [5, 5.41) is 12.4. The van der Waals surface area contributed by atoms with Gasteiger partial charge in [-0.2, -0.15) is 0 Å². The molecule has 0 unspecified atom stereocenters. The molecule has 0 fully saturated rings. The van der Waals surface area contributed by atoms with E-state index < -0.39 is 12.1 Å². The zero-order chi connectivity index (χ0) is 12.8. The SMILES string of the molecule is COC(=O)C[C@H](O)c1cccc(NC(C)=O)c1. The molecule has 0 heterocycles. The second kappa shape index (κ2) is 6.00. The fourth-order valence-corrected chi connectivity index (χ4v) is 1.39. The summed E-state index contributed by atoms with van der Waals surface area (Å²) in [7, 11) is 1.27. The average Bonchev–Trinajstić information content (AvgIpc) is 2.28. The highest BCUT2D eigenvalue weighted by Crippen LogP contribution is 2.20. The maximum Gasteiger partial charge on any atom is 0.308 e. The number of hydrogen-bond acceptors (Lipinski definition) is 4. The summed E-state index contributed by atoms with van der Waals surface area (Å²) in [6.45, 7) is 1.40. The Kier molecular flexibility index (Phi) is 4.66. The van der Waals surface area contributed by atoms with Gasteiger partial charge >= 0.3 is 5.97 Å². The molecule has 1 aromatic carbocycles. The van der Waals surface area contributed by atoms with Crippen LogP contribution in [0.3, 0.4) is 0 Å². The van der Waals surface area contributed by atoms with Crippen LogP contribution >= 0.6 is 0 Å². The molecule has 0 aliphatic carbocycles. The second-order valence-corrected chi connectivity index (χ2v) is 3.60. The molecule has 1 rings (SSSR count). The van der Waals surface area contributed by atoms with E-state index in [4.69, 9.17) is 0 Å². The minimum Gasteiger partial charge on any atom is -0.469 e. The molecule has 17 heavy (non-hydrogen) atoms. The number of aliphatic hydroxyl groups excluding tert-OH is 1. The fourth-order valence-electron chi connectivity index (χ4n) is 1.39. The molecule has 0 bridgehead atoms. The smallest absolute Gasteiger partial charge is 0.308 e. The third-order valence-electron chi connectivity index (χ3n) is 2.18. The lowest BCUT2D eigenvalue weighted by Crippen LogP contribution is -2.09. The average molecular weight is 237 g/mol. The Bertz CT molecular complexity index is 417. The molecule has 0 radical (unpaired) electrons. The summed E-state index contributed by atoms with van der Waals surface area (Å²) in [6, 6.07) is 6.70.